The molecule has 0 aromatic heterocycles. The van der Waals surface area contributed by atoms with Crippen LogP contribution in [-0.4, -0.2) is 48.7 Å². The molecule has 0 aromatic carbocycles. The molecule has 0 radical (unpaired) electrons. The third kappa shape index (κ3) is 6.12. The van der Waals surface area contributed by atoms with Gasteiger partial charge < -0.3 is 15.3 Å². The summed E-state index contributed by atoms with van der Waals surface area (Å²) in [5.74, 6) is -0.104. The first kappa shape index (κ1) is 11.4. The van der Waals surface area contributed by atoms with Crippen molar-refractivity contribution >= 4 is 5.91 Å². The number of carbonyl (C=O) groups is 1. The Morgan fingerprint density at radius 1 is 1.67 bits per heavy atom. The van der Waals surface area contributed by atoms with Crippen LogP contribution >= 0.6 is 0 Å². The lowest BCUT2D eigenvalue weighted by molar-refractivity contribution is -0.119. The Hall–Kier alpha value is -0.610. The standard InChI is InChI=1S/C8H18N2O2/c1-4-10(3)6-8(12)5-9-7(2)11/h8,12H,4-6H2,1-3H3,(H,9,11)/t8-/m1/s1. The number of likely N-dealkylation sites (N-methyl/N-ethyl adjacent to an activating group) is 1. The van der Waals surface area contributed by atoms with Crippen LogP contribution in [0.5, 0.6) is 0 Å². The van der Waals surface area contributed by atoms with E-state index in [0.717, 1.165) is 6.54 Å². The second kappa shape index (κ2) is 5.97. The lowest BCUT2D eigenvalue weighted by atomic mass is 10.3. The van der Waals surface area contributed by atoms with E-state index >= 15 is 0 Å². The molecule has 0 unspecified atom stereocenters. The maximum Gasteiger partial charge on any atom is 0.216 e. The molecule has 0 heterocycles. The minimum atomic E-state index is -0.473. The second-order valence-electron chi connectivity index (χ2n) is 2.95. The molecule has 0 aliphatic heterocycles. The van der Waals surface area contributed by atoms with Gasteiger partial charge in [-0.2, -0.15) is 0 Å². The van der Waals surface area contributed by atoms with Gasteiger partial charge in [-0.15, -0.1) is 0 Å². The van der Waals surface area contributed by atoms with E-state index < -0.39 is 6.10 Å². The van der Waals surface area contributed by atoms with Crippen LogP contribution in [0.2, 0.25) is 0 Å². The minimum absolute atomic E-state index is 0.104. The number of hydrogen-bond donors (Lipinski definition) is 2. The summed E-state index contributed by atoms with van der Waals surface area (Å²) in [4.78, 5) is 12.5. The molecule has 0 saturated heterocycles. The third-order valence-electron chi connectivity index (χ3n) is 1.65. The highest BCUT2D eigenvalue weighted by Gasteiger charge is 2.06. The van der Waals surface area contributed by atoms with Gasteiger partial charge in [-0.3, -0.25) is 4.79 Å². The van der Waals surface area contributed by atoms with E-state index in [2.05, 4.69) is 5.32 Å². The average Bonchev–Trinajstić information content (AvgIpc) is 2.00. The van der Waals surface area contributed by atoms with Crippen LogP contribution in [0.4, 0.5) is 0 Å². The smallest absolute Gasteiger partial charge is 0.216 e. The molecule has 0 spiro atoms. The molecular weight excluding hydrogens is 156 g/mol. The van der Waals surface area contributed by atoms with Gasteiger partial charge >= 0.3 is 0 Å². The van der Waals surface area contributed by atoms with Crippen LogP contribution in [0, 0.1) is 0 Å². The number of hydrogen-bond acceptors (Lipinski definition) is 3. The average molecular weight is 174 g/mol. The molecule has 0 aliphatic rings. The second-order valence-corrected chi connectivity index (χ2v) is 2.95. The number of rotatable bonds is 5. The van der Waals surface area contributed by atoms with Gasteiger partial charge in [0, 0.05) is 20.0 Å². The zero-order chi connectivity index (χ0) is 9.56. The highest BCUT2D eigenvalue weighted by molar-refractivity contribution is 5.72. The Morgan fingerprint density at radius 2 is 2.25 bits per heavy atom. The molecule has 1 amide bonds. The SMILES string of the molecule is CCN(C)C[C@H](O)CNC(C)=O. The van der Waals surface area contributed by atoms with Gasteiger partial charge in [-0.25, -0.2) is 0 Å². The van der Waals surface area contributed by atoms with E-state index in [-0.39, 0.29) is 5.91 Å². The Labute approximate surface area is 73.6 Å². The van der Waals surface area contributed by atoms with Crippen molar-refractivity contribution in [3.63, 3.8) is 0 Å². The Balaban J connectivity index is 3.45. The highest BCUT2D eigenvalue weighted by Crippen LogP contribution is 1.86. The van der Waals surface area contributed by atoms with E-state index in [1.54, 1.807) is 0 Å². The molecule has 0 rings (SSSR count). The fraction of sp³-hybridized carbons (Fsp3) is 0.875. The molecule has 2 N–H and O–H groups in total. The summed E-state index contributed by atoms with van der Waals surface area (Å²) >= 11 is 0. The van der Waals surface area contributed by atoms with Crippen molar-refractivity contribution in [3.8, 4) is 0 Å². The number of aliphatic hydroxyl groups excluding tert-OH is 1. The largest absolute Gasteiger partial charge is 0.390 e. The van der Waals surface area contributed by atoms with Crippen molar-refractivity contribution in [1.82, 2.24) is 10.2 Å². The molecule has 72 valence electrons. The van der Waals surface area contributed by atoms with Gasteiger partial charge in [0.2, 0.25) is 5.91 Å². The van der Waals surface area contributed by atoms with Crippen molar-refractivity contribution in [2.24, 2.45) is 0 Å². The first-order valence-electron chi connectivity index (χ1n) is 4.17. The van der Waals surface area contributed by atoms with Gasteiger partial charge in [-0.1, -0.05) is 6.92 Å². The Kier molecular flexibility index (Phi) is 5.66. The minimum Gasteiger partial charge on any atom is -0.390 e. The predicted octanol–water partition coefficient (Wildman–Crippen LogP) is -0.565. The lowest BCUT2D eigenvalue weighted by Gasteiger charge is -2.18. The summed E-state index contributed by atoms with van der Waals surface area (Å²) < 4.78 is 0. The molecule has 4 heteroatoms. The van der Waals surface area contributed by atoms with Crippen molar-refractivity contribution < 1.29 is 9.90 Å². The highest BCUT2D eigenvalue weighted by atomic mass is 16.3. The van der Waals surface area contributed by atoms with Gasteiger partial charge in [0.05, 0.1) is 6.10 Å². The van der Waals surface area contributed by atoms with Crippen LogP contribution in [0.1, 0.15) is 13.8 Å². The Bertz CT molecular complexity index is 139. The van der Waals surface area contributed by atoms with Crippen LogP contribution in [0.25, 0.3) is 0 Å². The fourth-order valence-electron chi connectivity index (χ4n) is 0.815. The van der Waals surface area contributed by atoms with Gasteiger partial charge in [0.25, 0.3) is 0 Å². The first-order chi connectivity index (χ1) is 5.56. The van der Waals surface area contributed by atoms with Gasteiger partial charge in [0.1, 0.15) is 0 Å². The summed E-state index contributed by atoms with van der Waals surface area (Å²) in [6, 6.07) is 0. The topological polar surface area (TPSA) is 52.6 Å². The lowest BCUT2D eigenvalue weighted by Crippen LogP contribution is -2.37. The van der Waals surface area contributed by atoms with E-state index in [1.165, 1.54) is 6.92 Å². The van der Waals surface area contributed by atoms with Gasteiger partial charge in [-0.05, 0) is 13.6 Å². The van der Waals surface area contributed by atoms with Crippen LogP contribution < -0.4 is 5.32 Å². The molecule has 0 saturated carbocycles. The molecule has 0 bridgehead atoms. The maximum atomic E-state index is 10.5. The maximum absolute atomic E-state index is 10.5. The normalized spacial score (nSPS) is 13.1. The van der Waals surface area contributed by atoms with Crippen LogP contribution in [0.3, 0.4) is 0 Å². The molecule has 1 atom stereocenters. The van der Waals surface area contributed by atoms with Crippen LogP contribution in [0.15, 0.2) is 0 Å². The van der Waals surface area contributed by atoms with E-state index in [4.69, 9.17) is 0 Å². The van der Waals surface area contributed by atoms with Crippen molar-refractivity contribution in [2.75, 3.05) is 26.7 Å². The monoisotopic (exact) mass is 174 g/mol. The summed E-state index contributed by atoms with van der Waals surface area (Å²) in [6.07, 6.45) is -0.473. The molecule has 12 heavy (non-hydrogen) atoms. The molecule has 4 nitrogen and oxygen atoms in total. The summed E-state index contributed by atoms with van der Waals surface area (Å²) in [5, 5.41) is 11.9. The number of nitrogens with zero attached hydrogens (tertiary/aromatic N) is 1. The number of aliphatic hydroxyl groups is 1. The van der Waals surface area contributed by atoms with E-state index in [1.807, 2.05) is 18.9 Å². The molecular formula is C8H18N2O2. The van der Waals surface area contributed by atoms with Crippen molar-refractivity contribution in [2.45, 2.75) is 20.0 Å². The van der Waals surface area contributed by atoms with E-state index in [9.17, 15) is 9.90 Å². The predicted molar refractivity (Wildman–Crippen MR) is 47.9 cm³/mol. The Morgan fingerprint density at radius 3 is 2.67 bits per heavy atom. The zero-order valence-electron chi connectivity index (χ0n) is 8.00. The number of nitrogens with one attached hydrogen (secondary N) is 1. The summed E-state index contributed by atoms with van der Waals surface area (Å²) in [6.45, 7) is 5.29. The first-order valence-corrected chi connectivity index (χ1v) is 4.17. The van der Waals surface area contributed by atoms with Crippen molar-refractivity contribution in [1.29, 1.82) is 0 Å². The summed E-state index contributed by atoms with van der Waals surface area (Å²) in [5.41, 5.74) is 0. The molecule has 0 fully saturated rings. The number of amides is 1. The molecule has 0 aromatic rings. The van der Waals surface area contributed by atoms with Gasteiger partial charge in [0.15, 0.2) is 0 Å². The third-order valence-corrected chi connectivity index (χ3v) is 1.65. The van der Waals surface area contributed by atoms with Crippen molar-refractivity contribution in [3.05, 3.63) is 0 Å². The molecule has 0 aliphatic carbocycles. The quantitative estimate of drug-likeness (QED) is 0.587. The van der Waals surface area contributed by atoms with Crippen LogP contribution in [-0.2, 0) is 4.79 Å². The number of carbonyl (C=O) groups excluding carboxylic acids is 1. The zero-order valence-corrected chi connectivity index (χ0v) is 8.00. The fourth-order valence-corrected chi connectivity index (χ4v) is 0.815. The summed E-state index contributed by atoms with van der Waals surface area (Å²) in [7, 11) is 1.93. The van der Waals surface area contributed by atoms with E-state index in [0.29, 0.717) is 13.1 Å².